The molecule has 2 rings (SSSR count). The van der Waals surface area contributed by atoms with Crippen LogP contribution in [0.2, 0.25) is 0 Å². The predicted molar refractivity (Wildman–Crippen MR) is 55.1 cm³/mol. The minimum Gasteiger partial charge on any atom is -0.321 e. The molecule has 1 aromatic heterocycles. The van der Waals surface area contributed by atoms with Gasteiger partial charge in [-0.05, 0) is 26.0 Å². The number of imidazole rings is 1. The summed E-state index contributed by atoms with van der Waals surface area (Å²) in [6.45, 7) is 3.75. The van der Waals surface area contributed by atoms with E-state index < -0.39 is 6.43 Å². The van der Waals surface area contributed by atoms with Crippen LogP contribution in [0.15, 0.2) is 24.3 Å². The molecule has 0 N–H and O–H groups in total. The molecule has 0 amide bonds. The first-order valence-corrected chi connectivity index (χ1v) is 4.86. The highest BCUT2D eigenvalue weighted by Crippen LogP contribution is 2.27. The van der Waals surface area contributed by atoms with Crippen LogP contribution in [0.1, 0.15) is 32.1 Å². The molecule has 2 nitrogen and oxygen atoms in total. The van der Waals surface area contributed by atoms with E-state index in [1.807, 2.05) is 26.0 Å². The monoisotopic (exact) mass is 210 g/mol. The van der Waals surface area contributed by atoms with Crippen LogP contribution in [0.25, 0.3) is 11.0 Å². The van der Waals surface area contributed by atoms with Gasteiger partial charge >= 0.3 is 0 Å². The number of para-hydroxylation sites is 2. The Kier molecular flexibility index (Phi) is 2.42. The normalized spacial score (nSPS) is 11.9. The molecule has 0 radical (unpaired) electrons. The van der Waals surface area contributed by atoms with Gasteiger partial charge in [-0.1, -0.05) is 12.1 Å². The summed E-state index contributed by atoms with van der Waals surface area (Å²) in [5, 5.41) is 0. The molecule has 15 heavy (non-hydrogen) atoms. The van der Waals surface area contributed by atoms with Gasteiger partial charge < -0.3 is 4.57 Å². The van der Waals surface area contributed by atoms with Crippen molar-refractivity contribution in [3.63, 3.8) is 0 Å². The third-order valence-corrected chi connectivity index (χ3v) is 2.33. The number of fused-ring (bicyclic) bond motifs is 1. The Labute approximate surface area is 86.5 Å². The first kappa shape index (κ1) is 10.1. The number of hydrogen-bond acceptors (Lipinski definition) is 1. The largest absolute Gasteiger partial charge is 0.321 e. The van der Waals surface area contributed by atoms with Gasteiger partial charge in [0.25, 0.3) is 6.43 Å². The van der Waals surface area contributed by atoms with Crippen molar-refractivity contribution in [3.8, 4) is 0 Å². The molecule has 0 bridgehead atoms. The van der Waals surface area contributed by atoms with Crippen molar-refractivity contribution in [3.05, 3.63) is 30.1 Å². The summed E-state index contributed by atoms with van der Waals surface area (Å²) in [6.07, 6.45) is -2.53. The Morgan fingerprint density at radius 1 is 1.20 bits per heavy atom. The summed E-state index contributed by atoms with van der Waals surface area (Å²) in [4.78, 5) is 3.95. The van der Waals surface area contributed by atoms with Gasteiger partial charge in [0.1, 0.15) is 0 Å². The van der Waals surface area contributed by atoms with Gasteiger partial charge in [0.05, 0.1) is 11.0 Å². The fourth-order valence-corrected chi connectivity index (χ4v) is 1.76. The van der Waals surface area contributed by atoms with Crippen molar-refractivity contribution >= 4 is 11.0 Å². The highest BCUT2D eigenvalue weighted by atomic mass is 19.3. The molecule has 0 atom stereocenters. The molecule has 0 spiro atoms. The van der Waals surface area contributed by atoms with Crippen LogP contribution in [-0.4, -0.2) is 9.55 Å². The van der Waals surface area contributed by atoms with Crippen LogP contribution in [0.5, 0.6) is 0 Å². The number of hydrogen-bond donors (Lipinski definition) is 0. The van der Waals surface area contributed by atoms with E-state index in [1.165, 1.54) is 0 Å². The smallest absolute Gasteiger partial charge is 0.295 e. The Morgan fingerprint density at radius 2 is 1.87 bits per heavy atom. The van der Waals surface area contributed by atoms with Gasteiger partial charge in [-0.25, -0.2) is 13.8 Å². The molecule has 1 heterocycles. The van der Waals surface area contributed by atoms with E-state index in [1.54, 1.807) is 16.7 Å². The van der Waals surface area contributed by atoms with Gasteiger partial charge in [-0.2, -0.15) is 0 Å². The molecule has 80 valence electrons. The summed E-state index contributed by atoms with van der Waals surface area (Å²) in [5.74, 6) is -0.147. The molecule has 0 aliphatic heterocycles. The predicted octanol–water partition coefficient (Wildman–Crippen LogP) is 3.55. The summed E-state index contributed by atoms with van der Waals surface area (Å²) in [7, 11) is 0. The summed E-state index contributed by atoms with van der Waals surface area (Å²) in [5.41, 5.74) is 1.39. The van der Waals surface area contributed by atoms with E-state index in [0.717, 1.165) is 5.52 Å². The molecule has 0 aliphatic rings. The zero-order valence-corrected chi connectivity index (χ0v) is 8.61. The number of benzene rings is 1. The zero-order valence-electron chi connectivity index (χ0n) is 8.61. The Morgan fingerprint density at radius 3 is 2.47 bits per heavy atom. The molecule has 2 aromatic rings. The number of halogens is 2. The van der Waals surface area contributed by atoms with Crippen molar-refractivity contribution in [1.29, 1.82) is 0 Å². The fourth-order valence-electron chi connectivity index (χ4n) is 1.76. The maximum absolute atomic E-state index is 12.7. The highest BCUT2D eigenvalue weighted by molar-refractivity contribution is 5.76. The molecular weight excluding hydrogens is 198 g/mol. The molecular formula is C11H12F2N2. The lowest BCUT2D eigenvalue weighted by atomic mass is 10.3. The van der Waals surface area contributed by atoms with Crippen molar-refractivity contribution < 1.29 is 8.78 Å². The summed E-state index contributed by atoms with van der Waals surface area (Å²) < 4.78 is 27.1. The average molecular weight is 210 g/mol. The topological polar surface area (TPSA) is 17.8 Å². The van der Waals surface area contributed by atoms with Crippen molar-refractivity contribution in [1.82, 2.24) is 9.55 Å². The zero-order chi connectivity index (χ0) is 11.0. The molecule has 0 saturated carbocycles. The molecule has 0 saturated heterocycles. The summed E-state index contributed by atoms with van der Waals surface area (Å²) >= 11 is 0. The van der Waals surface area contributed by atoms with E-state index >= 15 is 0 Å². The SMILES string of the molecule is CC(C)n1c(C(F)F)nc2ccccc21. The first-order valence-electron chi connectivity index (χ1n) is 4.86. The third-order valence-electron chi connectivity index (χ3n) is 2.33. The number of nitrogens with zero attached hydrogens (tertiary/aromatic N) is 2. The van der Waals surface area contributed by atoms with E-state index in [-0.39, 0.29) is 11.9 Å². The lowest BCUT2D eigenvalue weighted by Gasteiger charge is -2.11. The summed E-state index contributed by atoms with van der Waals surface area (Å²) in [6, 6.07) is 7.18. The van der Waals surface area contributed by atoms with Crippen molar-refractivity contribution in [2.45, 2.75) is 26.3 Å². The third kappa shape index (κ3) is 1.60. The van der Waals surface area contributed by atoms with E-state index in [9.17, 15) is 8.78 Å². The van der Waals surface area contributed by atoms with Gasteiger partial charge in [-0.15, -0.1) is 0 Å². The van der Waals surface area contributed by atoms with Crippen LogP contribution in [0.4, 0.5) is 8.78 Å². The standard InChI is InChI=1S/C11H12F2N2/c1-7(2)15-9-6-4-3-5-8(9)14-11(15)10(12)13/h3-7,10H,1-2H3. The fraction of sp³-hybridized carbons (Fsp3) is 0.364. The minimum absolute atomic E-state index is 0.0126. The van der Waals surface area contributed by atoms with Gasteiger partial charge in [0.2, 0.25) is 0 Å². The molecule has 0 unspecified atom stereocenters. The lowest BCUT2D eigenvalue weighted by molar-refractivity contribution is 0.134. The van der Waals surface area contributed by atoms with Gasteiger partial charge in [0.15, 0.2) is 5.82 Å². The molecule has 0 fully saturated rings. The van der Waals surface area contributed by atoms with Crippen molar-refractivity contribution in [2.75, 3.05) is 0 Å². The van der Waals surface area contributed by atoms with E-state index in [4.69, 9.17) is 0 Å². The maximum Gasteiger partial charge on any atom is 0.295 e. The van der Waals surface area contributed by atoms with Crippen molar-refractivity contribution in [2.24, 2.45) is 0 Å². The van der Waals surface area contributed by atoms with E-state index in [0.29, 0.717) is 5.52 Å². The number of alkyl halides is 2. The van der Waals surface area contributed by atoms with Gasteiger partial charge in [-0.3, -0.25) is 0 Å². The molecule has 1 aromatic carbocycles. The molecule has 0 aliphatic carbocycles. The number of rotatable bonds is 2. The van der Waals surface area contributed by atoms with E-state index in [2.05, 4.69) is 4.98 Å². The second-order valence-corrected chi connectivity index (χ2v) is 3.72. The Hall–Kier alpha value is -1.45. The first-order chi connectivity index (χ1) is 7.11. The van der Waals surface area contributed by atoms with Crippen LogP contribution >= 0.6 is 0 Å². The average Bonchev–Trinajstić information content (AvgIpc) is 2.56. The van der Waals surface area contributed by atoms with Crippen LogP contribution in [-0.2, 0) is 0 Å². The maximum atomic E-state index is 12.7. The van der Waals surface area contributed by atoms with Gasteiger partial charge in [0, 0.05) is 6.04 Å². The second-order valence-electron chi connectivity index (χ2n) is 3.72. The van der Waals surface area contributed by atoms with Crippen LogP contribution in [0.3, 0.4) is 0 Å². The van der Waals surface area contributed by atoms with Crippen LogP contribution < -0.4 is 0 Å². The molecule has 4 heteroatoms. The highest BCUT2D eigenvalue weighted by Gasteiger charge is 2.19. The second kappa shape index (κ2) is 3.61. The number of aromatic nitrogens is 2. The Bertz CT molecular complexity index is 474. The lowest BCUT2D eigenvalue weighted by Crippen LogP contribution is -2.06. The minimum atomic E-state index is -2.53. The quantitative estimate of drug-likeness (QED) is 0.741. The Balaban J connectivity index is 2.75. The van der Waals surface area contributed by atoms with Crippen LogP contribution in [0, 0.1) is 0 Å².